The molecule has 0 aliphatic rings. The van der Waals surface area contributed by atoms with Gasteiger partial charge in [0.1, 0.15) is 5.75 Å². The van der Waals surface area contributed by atoms with Crippen molar-refractivity contribution in [3.8, 4) is 5.75 Å². The van der Waals surface area contributed by atoms with Gasteiger partial charge in [0.05, 0.1) is 31.4 Å². The van der Waals surface area contributed by atoms with Crippen LogP contribution in [0.1, 0.15) is 34.7 Å². The van der Waals surface area contributed by atoms with E-state index in [9.17, 15) is 9.59 Å². The second kappa shape index (κ2) is 6.89. The summed E-state index contributed by atoms with van der Waals surface area (Å²) >= 11 is 0. The molecule has 0 saturated heterocycles. The van der Waals surface area contributed by atoms with Crippen LogP contribution in [0.4, 0.5) is 0 Å². The Labute approximate surface area is 128 Å². The SMILES string of the molecule is CCOC(=O)c1cc2ccc(OC)cc2nc1C(=O)OCC. The van der Waals surface area contributed by atoms with Crippen molar-refractivity contribution in [3.05, 3.63) is 35.5 Å². The number of hydrogen-bond acceptors (Lipinski definition) is 6. The van der Waals surface area contributed by atoms with E-state index < -0.39 is 11.9 Å². The van der Waals surface area contributed by atoms with Crippen molar-refractivity contribution in [1.82, 2.24) is 4.98 Å². The molecule has 0 amide bonds. The van der Waals surface area contributed by atoms with Gasteiger partial charge in [-0.3, -0.25) is 0 Å². The average Bonchev–Trinajstić information content (AvgIpc) is 2.53. The summed E-state index contributed by atoms with van der Waals surface area (Å²) in [5, 5.41) is 0.705. The number of esters is 2. The Kier molecular flexibility index (Phi) is 4.93. The van der Waals surface area contributed by atoms with E-state index in [1.165, 1.54) is 0 Å². The van der Waals surface area contributed by atoms with Crippen LogP contribution in [0.25, 0.3) is 10.9 Å². The third-order valence-electron chi connectivity index (χ3n) is 2.99. The number of carbonyl (C=O) groups excluding carboxylic acids is 2. The highest BCUT2D eigenvalue weighted by Gasteiger charge is 2.22. The summed E-state index contributed by atoms with van der Waals surface area (Å²) in [6.45, 7) is 3.79. The molecule has 0 bridgehead atoms. The molecule has 6 heteroatoms. The van der Waals surface area contributed by atoms with E-state index in [-0.39, 0.29) is 24.5 Å². The third-order valence-corrected chi connectivity index (χ3v) is 2.99. The van der Waals surface area contributed by atoms with Gasteiger partial charge in [-0.2, -0.15) is 0 Å². The molecule has 0 atom stereocenters. The molecule has 0 spiro atoms. The van der Waals surface area contributed by atoms with Crippen LogP contribution < -0.4 is 4.74 Å². The number of benzene rings is 1. The quantitative estimate of drug-likeness (QED) is 0.790. The van der Waals surface area contributed by atoms with Gasteiger partial charge in [0.25, 0.3) is 0 Å². The zero-order valence-electron chi connectivity index (χ0n) is 12.7. The van der Waals surface area contributed by atoms with Gasteiger partial charge in [-0.25, -0.2) is 14.6 Å². The summed E-state index contributed by atoms with van der Waals surface area (Å²) < 4.78 is 15.1. The molecular formula is C16H17NO5. The molecule has 0 saturated carbocycles. The summed E-state index contributed by atoms with van der Waals surface area (Å²) in [6, 6.07) is 6.78. The summed E-state index contributed by atoms with van der Waals surface area (Å²) in [5.74, 6) is -0.648. The minimum absolute atomic E-state index is 0.0546. The van der Waals surface area contributed by atoms with E-state index in [0.29, 0.717) is 16.7 Å². The maximum Gasteiger partial charge on any atom is 0.357 e. The van der Waals surface area contributed by atoms with Gasteiger partial charge in [0.15, 0.2) is 5.69 Å². The first-order valence-corrected chi connectivity index (χ1v) is 6.93. The number of rotatable bonds is 5. The molecular weight excluding hydrogens is 286 g/mol. The maximum atomic E-state index is 12.0. The second-order valence-electron chi connectivity index (χ2n) is 4.38. The summed E-state index contributed by atoms with van der Waals surface area (Å²) in [6.07, 6.45) is 0. The molecule has 1 aromatic carbocycles. The molecule has 0 fully saturated rings. The lowest BCUT2D eigenvalue weighted by Crippen LogP contribution is -2.16. The second-order valence-corrected chi connectivity index (χ2v) is 4.38. The van der Waals surface area contributed by atoms with E-state index in [1.54, 1.807) is 45.2 Å². The molecule has 1 heterocycles. The predicted molar refractivity (Wildman–Crippen MR) is 80.2 cm³/mol. The minimum Gasteiger partial charge on any atom is -0.497 e. The highest BCUT2D eigenvalue weighted by Crippen LogP contribution is 2.23. The average molecular weight is 303 g/mol. The monoisotopic (exact) mass is 303 g/mol. The van der Waals surface area contributed by atoms with Crippen molar-refractivity contribution < 1.29 is 23.8 Å². The fourth-order valence-electron chi connectivity index (χ4n) is 1.99. The molecule has 2 rings (SSSR count). The minimum atomic E-state index is -0.657. The predicted octanol–water partition coefficient (Wildman–Crippen LogP) is 2.60. The molecule has 1 aromatic heterocycles. The van der Waals surface area contributed by atoms with Gasteiger partial charge in [-0.15, -0.1) is 0 Å². The van der Waals surface area contributed by atoms with Crippen molar-refractivity contribution >= 4 is 22.8 Å². The zero-order chi connectivity index (χ0) is 16.1. The van der Waals surface area contributed by atoms with Gasteiger partial charge in [0, 0.05) is 11.5 Å². The largest absolute Gasteiger partial charge is 0.497 e. The first kappa shape index (κ1) is 15.8. The molecule has 0 aliphatic heterocycles. The number of nitrogens with zero attached hydrogens (tertiary/aromatic N) is 1. The van der Waals surface area contributed by atoms with Crippen LogP contribution in [0.5, 0.6) is 5.75 Å². The lowest BCUT2D eigenvalue weighted by Gasteiger charge is -2.10. The van der Waals surface area contributed by atoms with E-state index in [0.717, 1.165) is 0 Å². The standard InChI is InChI=1S/C16H17NO5/c1-4-21-15(18)12-8-10-6-7-11(20-3)9-13(10)17-14(12)16(19)22-5-2/h6-9H,4-5H2,1-3H3. The molecule has 0 unspecified atom stereocenters. The van der Waals surface area contributed by atoms with E-state index in [4.69, 9.17) is 14.2 Å². The van der Waals surface area contributed by atoms with Crippen LogP contribution >= 0.6 is 0 Å². The van der Waals surface area contributed by atoms with Gasteiger partial charge < -0.3 is 14.2 Å². The maximum absolute atomic E-state index is 12.0. The number of pyridine rings is 1. The van der Waals surface area contributed by atoms with Gasteiger partial charge in [0.2, 0.25) is 0 Å². The van der Waals surface area contributed by atoms with Crippen LogP contribution in [0.15, 0.2) is 24.3 Å². The van der Waals surface area contributed by atoms with E-state index >= 15 is 0 Å². The molecule has 116 valence electrons. The van der Waals surface area contributed by atoms with Crippen LogP contribution in [-0.4, -0.2) is 37.2 Å². The van der Waals surface area contributed by atoms with Crippen molar-refractivity contribution in [2.45, 2.75) is 13.8 Å². The fraction of sp³-hybridized carbons (Fsp3) is 0.312. The van der Waals surface area contributed by atoms with E-state index in [1.807, 2.05) is 0 Å². The first-order valence-electron chi connectivity index (χ1n) is 6.93. The van der Waals surface area contributed by atoms with Crippen molar-refractivity contribution in [2.75, 3.05) is 20.3 Å². The Hall–Kier alpha value is -2.63. The number of methoxy groups -OCH3 is 1. The Morgan fingerprint density at radius 3 is 2.36 bits per heavy atom. The van der Waals surface area contributed by atoms with Gasteiger partial charge in [-0.05, 0) is 32.0 Å². The molecule has 0 N–H and O–H groups in total. The Balaban J connectivity index is 2.61. The Bertz CT molecular complexity index is 711. The number of ether oxygens (including phenoxy) is 3. The normalized spacial score (nSPS) is 10.3. The Morgan fingerprint density at radius 1 is 1.05 bits per heavy atom. The van der Waals surface area contributed by atoms with Crippen LogP contribution in [0.3, 0.4) is 0 Å². The van der Waals surface area contributed by atoms with Crippen molar-refractivity contribution in [2.24, 2.45) is 0 Å². The Morgan fingerprint density at radius 2 is 1.73 bits per heavy atom. The molecule has 0 radical (unpaired) electrons. The van der Waals surface area contributed by atoms with Crippen LogP contribution in [-0.2, 0) is 9.47 Å². The third kappa shape index (κ3) is 3.16. The summed E-state index contributed by atoms with van der Waals surface area (Å²) in [5.41, 5.74) is 0.578. The smallest absolute Gasteiger partial charge is 0.357 e. The van der Waals surface area contributed by atoms with E-state index in [2.05, 4.69) is 4.98 Å². The number of aromatic nitrogens is 1. The first-order chi connectivity index (χ1) is 10.6. The highest BCUT2D eigenvalue weighted by atomic mass is 16.5. The van der Waals surface area contributed by atoms with Crippen molar-refractivity contribution in [1.29, 1.82) is 0 Å². The fourth-order valence-corrected chi connectivity index (χ4v) is 1.99. The summed E-state index contributed by atoms with van der Waals surface area (Å²) in [7, 11) is 1.54. The molecule has 0 aliphatic carbocycles. The van der Waals surface area contributed by atoms with Crippen molar-refractivity contribution in [3.63, 3.8) is 0 Å². The molecule has 22 heavy (non-hydrogen) atoms. The zero-order valence-corrected chi connectivity index (χ0v) is 12.7. The topological polar surface area (TPSA) is 74.7 Å². The lowest BCUT2D eigenvalue weighted by molar-refractivity contribution is 0.0474. The number of fused-ring (bicyclic) bond motifs is 1. The number of hydrogen-bond donors (Lipinski definition) is 0. The van der Waals surface area contributed by atoms with Gasteiger partial charge >= 0.3 is 11.9 Å². The van der Waals surface area contributed by atoms with Crippen LogP contribution in [0, 0.1) is 0 Å². The number of carbonyl (C=O) groups is 2. The molecule has 2 aromatic rings. The van der Waals surface area contributed by atoms with Crippen LogP contribution in [0.2, 0.25) is 0 Å². The highest BCUT2D eigenvalue weighted by molar-refractivity contribution is 6.04. The van der Waals surface area contributed by atoms with Gasteiger partial charge in [-0.1, -0.05) is 0 Å². The molecule has 6 nitrogen and oxygen atoms in total. The lowest BCUT2D eigenvalue weighted by atomic mass is 10.1. The summed E-state index contributed by atoms with van der Waals surface area (Å²) in [4.78, 5) is 28.3.